The molecule has 0 saturated carbocycles. The number of unbranched alkanes of at least 4 members (excludes halogenated alkanes) is 5. The zero-order valence-electron chi connectivity index (χ0n) is 21.4. The SMILES string of the molecule is COc1ccc(CCCCCCCCOc2ccc(SCc3cccc(N)c3)nc2C=CC(=O)O)cc1. The lowest BCUT2D eigenvalue weighted by Crippen LogP contribution is -2.01. The van der Waals surface area contributed by atoms with E-state index in [0.29, 0.717) is 18.1 Å². The number of rotatable bonds is 16. The number of ether oxygens (including phenoxy) is 2. The van der Waals surface area contributed by atoms with E-state index in [1.165, 1.54) is 37.3 Å². The molecule has 3 N–H and O–H groups in total. The molecular formula is C30H36N2O4S. The number of aliphatic carboxylic acids is 1. The molecule has 0 aliphatic heterocycles. The maximum Gasteiger partial charge on any atom is 0.328 e. The van der Waals surface area contributed by atoms with Crippen molar-refractivity contribution in [1.29, 1.82) is 0 Å². The number of methoxy groups -OCH3 is 1. The summed E-state index contributed by atoms with van der Waals surface area (Å²) in [6.07, 6.45) is 10.5. The second-order valence-corrected chi connectivity index (χ2v) is 9.80. The molecule has 2 aromatic carbocycles. The summed E-state index contributed by atoms with van der Waals surface area (Å²) < 4.78 is 11.2. The van der Waals surface area contributed by atoms with E-state index in [1.54, 1.807) is 18.9 Å². The highest BCUT2D eigenvalue weighted by atomic mass is 32.2. The van der Waals surface area contributed by atoms with E-state index in [4.69, 9.17) is 20.3 Å². The quantitative estimate of drug-likeness (QED) is 0.0906. The van der Waals surface area contributed by atoms with Crippen molar-refractivity contribution in [3.8, 4) is 11.5 Å². The van der Waals surface area contributed by atoms with Crippen LogP contribution in [-0.4, -0.2) is 29.8 Å². The zero-order chi connectivity index (χ0) is 26.3. The van der Waals surface area contributed by atoms with Crippen LogP contribution < -0.4 is 15.2 Å². The molecule has 0 spiro atoms. The Labute approximate surface area is 223 Å². The Morgan fingerprint density at radius 1 is 0.973 bits per heavy atom. The average molecular weight is 521 g/mol. The summed E-state index contributed by atoms with van der Waals surface area (Å²) in [5, 5.41) is 9.86. The third-order valence-corrected chi connectivity index (χ3v) is 6.86. The van der Waals surface area contributed by atoms with Crippen molar-refractivity contribution >= 4 is 29.5 Å². The summed E-state index contributed by atoms with van der Waals surface area (Å²) in [6.45, 7) is 0.581. The highest BCUT2D eigenvalue weighted by molar-refractivity contribution is 7.98. The molecule has 1 heterocycles. The first kappa shape index (κ1) is 28.1. The topological polar surface area (TPSA) is 94.7 Å². The van der Waals surface area contributed by atoms with Crippen molar-refractivity contribution in [2.75, 3.05) is 19.5 Å². The summed E-state index contributed by atoms with van der Waals surface area (Å²) in [4.78, 5) is 15.7. The summed E-state index contributed by atoms with van der Waals surface area (Å²) >= 11 is 1.57. The van der Waals surface area contributed by atoms with Gasteiger partial charge in [-0.1, -0.05) is 49.9 Å². The smallest absolute Gasteiger partial charge is 0.328 e. The Balaban J connectivity index is 1.38. The molecule has 0 atom stereocenters. The predicted molar refractivity (Wildman–Crippen MR) is 151 cm³/mol. The maximum absolute atomic E-state index is 11.0. The van der Waals surface area contributed by atoms with Crippen LogP contribution in [-0.2, 0) is 17.0 Å². The van der Waals surface area contributed by atoms with Gasteiger partial charge >= 0.3 is 5.97 Å². The van der Waals surface area contributed by atoms with Crippen molar-refractivity contribution in [1.82, 2.24) is 4.98 Å². The molecule has 3 aromatic rings. The molecule has 6 nitrogen and oxygen atoms in total. The number of carboxylic acid groups (broad SMARTS) is 1. The number of nitrogens with two attached hydrogens (primary N) is 1. The number of pyridine rings is 1. The molecule has 0 aliphatic carbocycles. The van der Waals surface area contributed by atoms with Gasteiger partial charge < -0.3 is 20.3 Å². The number of carbonyl (C=O) groups is 1. The summed E-state index contributed by atoms with van der Waals surface area (Å²) in [5.41, 5.74) is 9.57. The summed E-state index contributed by atoms with van der Waals surface area (Å²) in [5.74, 6) is 1.21. The molecule has 0 fully saturated rings. The third kappa shape index (κ3) is 10.6. The second-order valence-electron chi connectivity index (χ2n) is 8.81. The summed E-state index contributed by atoms with van der Waals surface area (Å²) in [6, 6.07) is 19.8. The van der Waals surface area contributed by atoms with Crippen molar-refractivity contribution in [2.24, 2.45) is 0 Å². The van der Waals surface area contributed by atoms with E-state index in [-0.39, 0.29) is 0 Å². The van der Waals surface area contributed by atoms with Gasteiger partial charge in [0.1, 0.15) is 17.2 Å². The lowest BCUT2D eigenvalue weighted by molar-refractivity contribution is -0.131. The van der Waals surface area contributed by atoms with Crippen LogP contribution in [0.4, 0.5) is 5.69 Å². The number of anilines is 1. The highest BCUT2D eigenvalue weighted by Crippen LogP contribution is 2.27. The van der Waals surface area contributed by atoms with Gasteiger partial charge in [-0.2, -0.15) is 0 Å². The Morgan fingerprint density at radius 2 is 1.73 bits per heavy atom. The molecule has 0 radical (unpaired) electrons. The first-order chi connectivity index (χ1) is 18.0. The Bertz CT molecular complexity index is 1150. The molecule has 1 aromatic heterocycles. The van der Waals surface area contributed by atoms with Crippen LogP contribution >= 0.6 is 11.8 Å². The highest BCUT2D eigenvalue weighted by Gasteiger charge is 2.07. The van der Waals surface area contributed by atoms with Crippen LogP contribution in [0.15, 0.2) is 71.8 Å². The number of nitrogens with zero attached hydrogens (tertiary/aromatic N) is 1. The van der Waals surface area contributed by atoms with Gasteiger partial charge in [-0.3, -0.25) is 0 Å². The number of aryl methyl sites for hydroxylation is 1. The van der Waals surface area contributed by atoms with Crippen LogP contribution in [0, 0.1) is 0 Å². The van der Waals surface area contributed by atoms with E-state index in [0.717, 1.165) is 53.1 Å². The Hall–Kier alpha value is -3.45. The molecule has 0 amide bonds. The van der Waals surface area contributed by atoms with Crippen LogP contribution in [0.3, 0.4) is 0 Å². The fourth-order valence-electron chi connectivity index (χ4n) is 3.87. The zero-order valence-corrected chi connectivity index (χ0v) is 22.2. The minimum atomic E-state index is -1.02. The van der Waals surface area contributed by atoms with E-state index in [9.17, 15) is 4.79 Å². The molecule has 196 valence electrons. The lowest BCUT2D eigenvalue weighted by Gasteiger charge is -2.11. The minimum Gasteiger partial charge on any atom is -0.497 e. The standard InChI is InChI=1S/C30H36N2O4S/c1-35-26-14-12-23(13-15-26)9-6-4-2-3-5-7-20-36-28-17-18-29(32-27(28)16-19-30(33)34)37-22-24-10-8-11-25(31)21-24/h8,10-19,21H,2-7,9,20,22,31H2,1H3,(H,33,34). The van der Waals surface area contributed by atoms with E-state index >= 15 is 0 Å². The predicted octanol–water partition coefficient (Wildman–Crippen LogP) is 7.02. The van der Waals surface area contributed by atoms with Gasteiger partial charge in [-0.15, -0.1) is 11.8 Å². The van der Waals surface area contributed by atoms with Gasteiger partial charge in [-0.05, 0) is 72.9 Å². The van der Waals surface area contributed by atoms with Gasteiger partial charge in [0.05, 0.1) is 18.7 Å². The van der Waals surface area contributed by atoms with Gasteiger partial charge in [0, 0.05) is 17.5 Å². The number of carboxylic acids is 1. The molecule has 37 heavy (non-hydrogen) atoms. The first-order valence-corrected chi connectivity index (χ1v) is 13.7. The fraction of sp³-hybridized carbons (Fsp3) is 0.333. The van der Waals surface area contributed by atoms with E-state index < -0.39 is 5.97 Å². The van der Waals surface area contributed by atoms with Crippen molar-refractivity contribution in [3.05, 3.63) is 83.6 Å². The molecule has 7 heteroatoms. The molecule has 3 rings (SSSR count). The van der Waals surface area contributed by atoms with Gasteiger partial charge in [-0.25, -0.2) is 9.78 Å². The second kappa shape index (κ2) is 15.6. The maximum atomic E-state index is 11.0. The summed E-state index contributed by atoms with van der Waals surface area (Å²) in [7, 11) is 1.69. The molecule has 0 saturated heterocycles. The molecular weight excluding hydrogens is 484 g/mol. The number of thioether (sulfide) groups is 1. The van der Waals surface area contributed by atoms with Crippen molar-refractivity contribution < 1.29 is 19.4 Å². The monoisotopic (exact) mass is 520 g/mol. The number of benzene rings is 2. The Kier molecular flexibility index (Phi) is 11.9. The van der Waals surface area contributed by atoms with Gasteiger partial charge in [0.15, 0.2) is 0 Å². The van der Waals surface area contributed by atoms with Gasteiger partial charge in [0.25, 0.3) is 0 Å². The molecule has 0 aliphatic rings. The fourth-order valence-corrected chi connectivity index (χ4v) is 4.69. The van der Waals surface area contributed by atoms with Crippen molar-refractivity contribution in [3.63, 3.8) is 0 Å². The molecule has 0 unspecified atom stereocenters. The Morgan fingerprint density at radius 3 is 2.46 bits per heavy atom. The first-order valence-electron chi connectivity index (χ1n) is 12.7. The van der Waals surface area contributed by atoms with Gasteiger partial charge in [0.2, 0.25) is 0 Å². The van der Waals surface area contributed by atoms with E-state index in [2.05, 4.69) is 17.1 Å². The van der Waals surface area contributed by atoms with Crippen LogP contribution in [0.25, 0.3) is 6.08 Å². The minimum absolute atomic E-state index is 0.526. The third-order valence-electron chi connectivity index (χ3n) is 5.86. The van der Waals surface area contributed by atoms with Crippen LogP contribution in [0.5, 0.6) is 11.5 Å². The molecule has 0 bridgehead atoms. The normalized spacial score (nSPS) is 11.1. The number of hydrogen-bond donors (Lipinski definition) is 2. The van der Waals surface area contributed by atoms with E-state index in [1.807, 2.05) is 48.5 Å². The average Bonchev–Trinajstić information content (AvgIpc) is 2.90. The lowest BCUT2D eigenvalue weighted by atomic mass is 10.0. The van der Waals surface area contributed by atoms with Crippen molar-refractivity contribution in [2.45, 2.75) is 55.7 Å². The van der Waals surface area contributed by atoms with Crippen LogP contribution in [0.1, 0.15) is 55.3 Å². The largest absolute Gasteiger partial charge is 0.497 e. The number of aromatic nitrogens is 1. The number of nitrogen functional groups attached to an aromatic ring is 1. The number of hydrogen-bond acceptors (Lipinski definition) is 6. The van der Waals surface area contributed by atoms with Crippen LogP contribution in [0.2, 0.25) is 0 Å².